The predicted octanol–water partition coefficient (Wildman–Crippen LogP) is 1.67. The van der Waals surface area contributed by atoms with Crippen molar-refractivity contribution in [2.75, 3.05) is 5.32 Å². The van der Waals surface area contributed by atoms with Gasteiger partial charge in [0.25, 0.3) is 0 Å². The molecule has 0 saturated heterocycles. The number of carbonyl (C=O) groups is 2. The molecule has 0 unspecified atom stereocenters. The topological polar surface area (TPSA) is 86.6 Å². The fourth-order valence-electron chi connectivity index (χ4n) is 1.22. The first-order chi connectivity index (χ1) is 7.90. The Labute approximate surface area is 98.4 Å². The van der Waals surface area contributed by atoms with Gasteiger partial charge in [0.05, 0.1) is 0 Å². The number of amides is 1. The first kappa shape index (κ1) is 12.8. The number of carbonyl (C=O) groups excluding carboxylic acids is 1. The van der Waals surface area contributed by atoms with Gasteiger partial charge in [-0.05, 0) is 37.6 Å². The van der Waals surface area contributed by atoms with Crippen LogP contribution in [0.4, 0.5) is 5.69 Å². The summed E-state index contributed by atoms with van der Waals surface area (Å²) in [7, 11) is 0. The number of hydrogen-bond donors (Lipinski definition) is 3. The second-order valence-corrected chi connectivity index (χ2v) is 3.62. The minimum absolute atomic E-state index is 0.0427. The lowest BCUT2D eigenvalue weighted by atomic mass is 10.2. The number of phenols is 1. The maximum Gasteiger partial charge on any atom is 0.331 e. The highest BCUT2D eigenvalue weighted by molar-refractivity contribution is 6.04. The SMILES string of the molecule is C/C(=C\C(=O)Nc1ccc(O)cc1C)C(=O)O. The molecule has 0 saturated carbocycles. The number of carboxylic acid groups (broad SMARTS) is 1. The molecule has 0 heterocycles. The van der Waals surface area contributed by atoms with Crippen molar-refractivity contribution in [1.82, 2.24) is 0 Å². The van der Waals surface area contributed by atoms with E-state index in [2.05, 4.69) is 5.32 Å². The number of hydrogen-bond acceptors (Lipinski definition) is 3. The molecule has 0 atom stereocenters. The molecule has 0 aromatic heterocycles. The maximum atomic E-state index is 11.5. The fourth-order valence-corrected chi connectivity index (χ4v) is 1.22. The second kappa shape index (κ2) is 5.16. The van der Waals surface area contributed by atoms with Gasteiger partial charge in [0.1, 0.15) is 5.75 Å². The van der Waals surface area contributed by atoms with E-state index in [0.717, 1.165) is 6.08 Å². The van der Waals surface area contributed by atoms with Gasteiger partial charge in [-0.1, -0.05) is 0 Å². The first-order valence-corrected chi connectivity index (χ1v) is 4.92. The summed E-state index contributed by atoms with van der Waals surface area (Å²) in [5.41, 5.74) is 1.18. The molecule has 0 aliphatic heterocycles. The number of phenolic OH excluding ortho intramolecular Hbond substituents is 1. The Hall–Kier alpha value is -2.30. The van der Waals surface area contributed by atoms with Crippen molar-refractivity contribution in [3.05, 3.63) is 35.4 Å². The van der Waals surface area contributed by atoms with Crippen molar-refractivity contribution < 1.29 is 19.8 Å². The Kier molecular flexibility index (Phi) is 3.87. The lowest BCUT2D eigenvalue weighted by Crippen LogP contribution is -2.11. The van der Waals surface area contributed by atoms with Crippen LogP contribution < -0.4 is 5.32 Å². The van der Waals surface area contributed by atoms with Gasteiger partial charge >= 0.3 is 5.97 Å². The van der Waals surface area contributed by atoms with E-state index in [0.29, 0.717) is 11.3 Å². The average Bonchev–Trinajstić information content (AvgIpc) is 2.22. The van der Waals surface area contributed by atoms with Crippen LogP contribution in [-0.2, 0) is 9.59 Å². The number of anilines is 1. The Bertz CT molecular complexity index is 491. The smallest absolute Gasteiger partial charge is 0.331 e. The van der Waals surface area contributed by atoms with Crippen LogP contribution in [0.3, 0.4) is 0 Å². The van der Waals surface area contributed by atoms with Crippen molar-refractivity contribution in [2.24, 2.45) is 0 Å². The molecule has 5 heteroatoms. The van der Waals surface area contributed by atoms with Crippen molar-refractivity contribution >= 4 is 17.6 Å². The zero-order valence-electron chi connectivity index (χ0n) is 9.52. The minimum Gasteiger partial charge on any atom is -0.508 e. The van der Waals surface area contributed by atoms with Crippen molar-refractivity contribution in [3.8, 4) is 5.75 Å². The van der Waals surface area contributed by atoms with Crippen LogP contribution in [-0.4, -0.2) is 22.1 Å². The number of carboxylic acids is 1. The average molecular weight is 235 g/mol. The summed E-state index contributed by atoms with van der Waals surface area (Å²) in [4.78, 5) is 22.0. The van der Waals surface area contributed by atoms with E-state index in [1.165, 1.54) is 19.1 Å². The van der Waals surface area contributed by atoms with Gasteiger partial charge in [-0.2, -0.15) is 0 Å². The molecule has 17 heavy (non-hydrogen) atoms. The van der Waals surface area contributed by atoms with Gasteiger partial charge < -0.3 is 15.5 Å². The Morgan fingerprint density at radius 3 is 2.53 bits per heavy atom. The quantitative estimate of drug-likeness (QED) is 0.549. The number of aliphatic carboxylic acids is 1. The highest BCUT2D eigenvalue weighted by Crippen LogP contribution is 2.20. The Balaban J connectivity index is 2.82. The third-order valence-corrected chi connectivity index (χ3v) is 2.15. The summed E-state index contributed by atoms with van der Waals surface area (Å²) in [5, 5.41) is 20.3. The fraction of sp³-hybridized carbons (Fsp3) is 0.167. The van der Waals surface area contributed by atoms with Crippen LogP contribution in [0.25, 0.3) is 0 Å². The van der Waals surface area contributed by atoms with E-state index < -0.39 is 11.9 Å². The van der Waals surface area contributed by atoms with Gasteiger partial charge in [0, 0.05) is 17.3 Å². The summed E-state index contributed by atoms with van der Waals surface area (Å²) in [6, 6.07) is 4.49. The van der Waals surface area contributed by atoms with Gasteiger partial charge in [-0.15, -0.1) is 0 Å². The summed E-state index contributed by atoms with van der Waals surface area (Å²) in [6.45, 7) is 3.06. The van der Waals surface area contributed by atoms with Crippen molar-refractivity contribution in [1.29, 1.82) is 0 Å². The normalized spacial score (nSPS) is 11.1. The molecule has 0 aliphatic rings. The lowest BCUT2D eigenvalue weighted by molar-refractivity contribution is -0.132. The van der Waals surface area contributed by atoms with Crippen LogP contribution >= 0.6 is 0 Å². The Morgan fingerprint density at radius 2 is 2.00 bits per heavy atom. The van der Waals surface area contributed by atoms with Crippen LogP contribution in [0, 0.1) is 6.92 Å². The number of aryl methyl sites for hydroxylation is 1. The van der Waals surface area contributed by atoms with Crippen LogP contribution in [0.5, 0.6) is 5.75 Å². The summed E-state index contributed by atoms with van der Waals surface area (Å²) in [5.74, 6) is -1.54. The highest BCUT2D eigenvalue weighted by atomic mass is 16.4. The molecular weight excluding hydrogens is 222 g/mol. The third kappa shape index (κ3) is 3.64. The van der Waals surface area contributed by atoms with Crippen molar-refractivity contribution in [2.45, 2.75) is 13.8 Å². The molecule has 0 spiro atoms. The van der Waals surface area contributed by atoms with Gasteiger partial charge in [-0.3, -0.25) is 4.79 Å². The van der Waals surface area contributed by atoms with E-state index in [1.54, 1.807) is 13.0 Å². The summed E-state index contributed by atoms with van der Waals surface area (Å²) >= 11 is 0. The molecule has 0 bridgehead atoms. The molecule has 1 aromatic carbocycles. The number of aromatic hydroxyl groups is 1. The van der Waals surface area contributed by atoms with Crippen molar-refractivity contribution in [3.63, 3.8) is 0 Å². The molecule has 0 aliphatic carbocycles. The highest BCUT2D eigenvalue weighted by Gasteiger charge is 2.06. The zero-order valence-corrected chi connectivity index (χ0v) is 9.52. The molecule has 1 amide bonds. The number of rotatable bonds is 3. The molecular formula is C12H13NO4. The molecule has 3 N–H and O–H groups in total. The summed E-state index contributed by atoms with van der Waals surface area (Å²) < 4.78 is 0. The van der Waals surface area contributed by atoms with E-state index in [1.807, 2.05) is 0 Å². The molecule has 0 fully saturated rings. The van der Waals surface area contributed by atoms with E-state index >= 15 is 0 Å². The number of nitrogens with one attached hydrogen (secondary N) is 1. The number of benzene rings is 1. The first-order valence-electron chi connectivity index (χ1n) is 4.92. The predicted molar refractivity (Wildman–Crippen MR) is 62.9 cm³/mol. The summed E-state index contributed by atoms with van der Waals surface area (Å²) in [6.07, 6.45) is 1.01. The lowest BCUT2D eigenvalue weighted by Gasteiger charge is -2.06. The van der Waals surface area contributed by atoms with Gasteiger partial charge in [-0.25, -0.2) is 4.79 Å². The minimum atomic E-state index is -1.14. The Morgan fingerprint density at radius 1 is 1.35 bits per heavy atom. The van der Waals surface area contributed by atoms with E-state index in [9.17, 15) is 14.7 Å². The largest absolute Gasteiger partial charge is 0.508 e. The van der Waals surface area contributed by atoms with Crippen LogP contribution in [0.1, 0.15) is 12.5 Å². The molecule has 5 nitrogen and oxygen atoms in total. The second-order valence-electron chi connectivity index (χ2n) is 3.62. The van der Waals surface area contributed by atoms with Crippen LogP contribution in [0.15, 0.2) is 29.8 Å². The standard InChI is InChI=1S/C12H13NO4/c1-7-5-9(14)3-4-10(7)13-11(15)6-8(2)12(16)17/h3-6,14H,1-2H3,(H,13,15)(H,16,17)/b8-6+. The zero-order chi connectivity index (χ0) is 13.0. The molecule has 90 valence electrons. The van der Waals surface area contributed by atoms with E-state index in [-0.39, 0.29) is 11.3 Å². The maximum absolute atomic E-state index is 11.5. The monoisotopic (exact) mass is 235 g/mol. The third-order valence-electron chi connectivity index (χ3n) is 2.15. The van der Waals surface area contributed by atoms with Gasteiger partial charge in [0.15, 0.2) is 0 Å². The molecule has 0 radical (unpaired) electrons. The van der Waals surface area contributed by atoms with E-state index in [4.69, 9.17) is 5.11 Å². The molecule has 1 rings (SSSR count). The van der Waals surface area contributed by atoms with Gasteiger partial charge in [0.2, 0.25) is 5.91 Å². The molecule has 1 aromatic rings. The van der Waals surface area contributed by atoms with Crippen LogP contribution in [0.2, 0.25) is 0 Å².